The molecule has 0 aromatic carbocycles. The highest BCUT2D eigenvalue weighted by Gasteiger charge is 2.07. The van der Waals surface area contributed by atoms with E-state index in [1.54, 1.807) is 31.7 Å². The van der Waals surface area contributed by atoms with E-state index in [2.05, 4.69) is 15.1 Å². The van der Waals surface area contributed by atoms with E-state index in [-0.39, 0.29) is 0 Å². The van der Waals surface area contributed by atoms with Gasteiger partial charge in [-0.3, -0.25) is 5.84 Å². The summed E-state index contributed by atoms with van der Waals surface area (Å²) in [7, 11) is 1.74. The highest BCUT2D eigenvalue weighted by Crippen LogP contribution is 2.15. The Morgan fingerprint density at radius 2 is 2.31 bits per heavy atom. The lowest BCUT2D eigenvalue weighted by atomic mass is 10.5. The van der Waals surface area contributed by atoms with Gasteiger partial charge < -0.3 is 0 Å². The van der Waals surface area contributed by atoms with Gasteiger partial charge in [0.05, 0.1) is 11.6 Å². The molecule has 0 radical (unpaired) electrons. The molecule has 0 unspecified atom stereocenters. The molecule has 0 saturated heterocycles. The molecule has 2 aromatic heterocycles. The summed E-state index contributed by atoms with van der Waals surface area (Å²) in [4.78, 5) is 8.23. The fourth-order valence-electron chi connectivity index (χ4n) is 1.24. The van der Waals surface area contributed by atoms with Gasteiger partial charge in [-0.15, -0.1) is 5.10 Å². The van der Waals surface area contributed by atoms with Crippen molar-refractivity contribution in [3.8, 4) is 5.82 Å². The van der Waals surface area contributed by atoms with Crippen LogP contribution < -0.4 is 5.84 Å². The molecule has 0 saturated carbocycles. The zero-order chi connectivity index (χ0) is 11.5. The van der Waals surface area contributed by atoms with Crippen molar-refractivity contribution in [1.82, 2.24) is 24.8 Å². The third-order valence-corrected chi connectivity index (χ3v) is 2.18. The first-order valence-electron chi connectivity index (χ1n) is 4.64. The van der Waals surface area contributed by atoms with Crippen LogP contribution in [0.4, 0.5) is 0 Å². The third-order valence-electron chi connectivity index (χ3n) is 1.89. The first-order valence-corrected chi connectivity index (χ1v) is 5.02. The van der Waals surface area contributed by atoms with Gasteiger partial charge in [0.1, 0.15) is 6.33 Å². The molecule has 0 amide bonds. The number of rotatable bonds is 3. The van der Waals surface area contributed by atoms with E-state index in [0.717, 1.165) is 0 Å². The summed E-state index contributed by atoms with van der Waals surface area (Å²) >= 11 is 5.99. The number of pyridine rings is 1. The van der Waals surface area contributed by atoms with Gasteiger partial charge in [0.15, 0.2) is 11.6 Å². The lowest BCUT2D eigenvalue weighted by Gasteiger charge is -2.04. The minimum absolute atomic E-state index is 0.470. The lowest BCUT2D eigenvalue weighted by Crippen LogP contribution is -2.25. The summed E-state index contributed by atoms with van der Waals surface area (Å²) in [5, 5.41) is 6.25. The average molecular weight is 239 g/mol. The number of aromatic nitrogens is 4. The van der Waals surface area contributed by atoms with Gasteiger partial charge in [-0.25, -0.2) is 19.7 Å². The average Bonchev–Trinajstić information content (AvgIpc) is 2.66. The fraction of sp³-hybridized carbons (Fsp3) is 0.222. The number of hydrogen-bond donors (Lipinski definition) is 1. The highest BCUT2D eigenvalue weighted by atomic mass is 35.5. The molecule has 0 aliphatic heterocycles. The molecule has 2 aromatic rings. The molecule has 0 aliphatic carbocycles. The van der Waals surface area contributed by atoms with Crippen molar-refractivity contribution >= 4 is 11.6 Å². The number of hydrogen-bond acceptors (Lipinski definition) is 5. The Morgan fingerprint density at radius 1 is 1.50 bits per heavy atom. The Kier molecular flexibility index (Phi) is 3.14. The second-order valence-corrected chi connectivity index (χ2v) is 3.74. The molecule has 2 N–H and O–H groups in total. The smallest absolute Gasteiger partial charge is 0.173 e. The highest BCUT2D eigenvalue weighted by molar-refractivity contribution is 6.32. The Balaban J connectivity index is 2.28. The largest absolute Gasteiger partial charge is 0.269 e. The van der Waals surface area contributed by atoms with E-state index in [1.807, 2.05) is 0 Å². The maximum absolute atomic E-state index is 5.99. The topological polar surface area (TPSA) is 72.9 Å². The molecule has 0 aliphatic rings. The number of nitrogens with two attached hydrogens (primary N) is 1. The number of hydrazine groups is 1. The minimum Gasteiger partial charge on any atom is -0.269 e. The SMILES string of the molecule is CN(N)Cc1ncn(-c2ncccc2Cl)n1. The van der Waals surface area contributed by atoms with E-state index >= 15 is 0 Å². The summed E-state index contributed by atoms with van der Waals surface area (Å²) in [5.74, 6) is 6.68. The van der Waals surface area contributed by atoms with Crippen LogP contribution in [-0.4, -0.2) is 31.8 Å². The molecule has 6 nitrogen and oxygen atoms in total. The van der Waals surface area contributed by atoms with Crippen LogP contribution in [0.1, 0.15) is 5.82 Å². The predicted molar refractivity (Wildman–Crippen MR) is 59.8 cm³/mol. The Labute approximate surface area is 97.6 Å². The molecule has 0 spiro atoms. The first-order chi connectivity index (χ1) is 7.66. The molecular formula is C9H11ClN6. The van der Waals surface area contributed by atoms with E-state index in [1.165, 1.54) is 9.69 Å². The van der Waals surface area contributed by atoms with Crippen molar-refractivity contribution in [1.29, 1.82) is 0 Å². The van der Waals surface area contributed by atoms with Gasteiger partial charge in [0.25, 0.3) is 0 Å². The molecule has 2 heterocycles. The maximum Gasteiger partial charge on any atom is 0.173 e. The summed E-state index contributed by atoms with van der Waals surface area (Å²) in [5.41, 5.74) is 0. The fourth-order valence-corrected chi connectivity index (χ4v) is 1.45. The van der Waals surface area contributed by atoms with Crippen LogP contribution in [0, 0.1) is 0 Å². The van der Waals surface area contributed by atoms with E-state index in [4.69, 9.17) is 17.4 Å². The molecule has 7 heteroatoms. The Morgan fingerprint density at radius 3 is 3.00 bits per heavy atom. The number of halogens is 1. The van der Waals surface area contributed by atoms with Crippen LogP contribution in [-0.2, 0) is 6.54 Å². The van der Waals surface area contributed by atoms with Gasteiger partial charge in [-0.1, -0.05) is 11.6 Å². The molecule has 84 valence electrons. The standard InChI is InChI=1S/C9H11ClN6/c1-15(11)5-8-13-6-16(14-8)9-7(10)3-2-4-12-9/h2-4,6H,5,11H2,1H3. The third kappa shape index (κ3) is 2.35. The van der Waals surface area contributed by atoms with E-state index in [0.29, 0.717) is 23.2 Å². The van der Waals surface area contributed by atoms with Gasteiger partial charge >= 0.3 is 0 Å². The Hall–Kier alpha value is -1.50. The predicted octanol–water partition coefficient (Wildman–Crippen LogP) is 0.621. The molecule has 2 rings (SSSR count). The monoisotopic (exact) mass is 238 g/mol. The zero-order valence-corrected chi connectivity index (χ0v) is 9.46. The quantitative estimate of drug-likeness (QED) is 0.627. The van der Waals surface area contributed by atoms with Crippen LogP contribution in [0.3, 0.4) is 0 Å². The van der Waals surface area contributed by atoms with Crippen molar-refractivity contribution in [2.45, 2.75) is 6.54 Å². The zero-order valence-electron chi connectivity index (χ0n) is 8.71. The van der Waals surface area contributed by atoms with E-state index in [9.17, 15) is 0 Å². The van der Waals surface area contributed by atoms with Crippen LogP contribution in [0.25, 0.3) is 5.82 Å². The van der Waals surface area contributed by atoms with Crippen molar-refractivity contribution in [2.75, 3.05) is 7.05 Å². The summed E-state index contributed by atoms with van der Waals surface area (Å²) < 4.78 is 1.53. The van der Waals surface area contributed by atoms with Crippen LogP contribution in [0.5, 0.6) is 0 Å². The van der Waals surface area contributed by atoms with Crippen LogP contribution >= 0.6 is 11.6 Å². The molecule has 0 fully saturated rings. The van der Waals surface area contributed by atoms with Crippen molar-refractivity contribution in [3.63, 3.8) is 0 Å². The lowest BCUT2D eigenvalue weighted by molar-refractivity contribution is 0.332. The molecule has 16 heavy (non-hydrogen) atoms. The van der Waals surface area contributed by atoms with Crippen LogP contribution in [0.15, 0.2) is 24.7 Å². The van der Waals surface area contributed by atoms with Gasteiger partial charge in [-0.05, 0) is 12.1 Å². The summed E-state index contributed by atoms with van der Waals surface area (Å²) in [6, 6.07) is 3.51. The summed E-state index contributed by atoms with van der Waals surface area (Å²) in [6.45, 7) is 0.470. The minimum atomic E-state index is 0.470. The normalized spacial score (nSPS) is 11.0. The molecular weight excluding hydrogens is 228 g/mol. The van der Waals surface area contributed by atoms with Crippen molar-refractivity contribution in [2.24, 2.45) is 5.84 Å². The van der Waals surface area contributed by atoms with E-state index < -0.39 is 0 Å². The van der Waals surface area contributed by atoms with Crippen molar-refractivity contribution < 1.29 is 0 Å². The van der Waals surface area contributed by atoms with Crippen molar-refractivity contribution in [3.05, 3.63) is 35.5 Å². The number of nitrogens with zero attached hydrogens (tertiary/aromatic N) is 5. The van der Waals surface area contributed by atoms with Gasteiger partial charge in [0, 0.05) is 13.2 Å². The Bertz CT molecular complexity index is 480. The molecule has 0 bridgehead atoms. The summed E-state index contributed by atoms with van der Waals surface area (Å²) in [6.07, 6.45) is 3.21. The molecule has 0 atom stereocenters. The van der Waals surface area contributed by atoms with Crippen LogP contribution in [0.2, 0.25) is 5.02 Å². The van der Waals surface area contributed by atoms with Gasteiger partial charge in [0.2, 0.25) is 0 Å². The first kappa shape index (κ1) is 11.0. The second-order valence-electron chi connectivity index (χ2n) is 3.33. The van der Waals surface area contributed by atoms with Gasteiger partial charge in [-0.2, -0.15) is 0 Å². The maximum atomic E-state index is 5.99. The second kappa shape index (κ2) is 4.56.